The molecule has 1 unspecified atom stereocenters. The fourth-order valence-corrected chi connectivity index (χ4v) is 4.58. The van der Waals surface area contributed by atoms with Crippen LogP contribution in [0.4, 0.5) is 5.69 Å². The second-order valence-corrected chi connectivity index (χ2v) is 9.32. The van der Waals surface area contributed by atoms with Crippen LogP contribution >= 0.6 is 27.7 Å². The van der Waals surface area contributed by atoms with Crippen molar-refractivity contribution >= 4 is 45.3 Å². The third kappa shape index (κ3) is 4.58. The molecule has 9 nitrogen and oxygen atoms in total. The van der Waals surface area contributed by atoms with Gasteiger partial charge in [-0.25, -0.2) is 0 Å². The molecular formula is C23H21BrN4O5S. The number of esters is 1. The number of carbonyl (C=O) groups is 2. The number of aromatic nitrogens is 3. The smallest absolute Gasteiger partial charge is 0.308 e. The summed E-state index contributed by atoms with van der Waals surface area (Å²) < 4.78 is 18.0. The standard InChI is InChI=1S/C23H21BrN4O5S/c1-5-34-23-25-21-19(26-27-23)15-8-6-7-9-17(15)28(12(2)29)22(33-21)16-10-14(24)11-18(31-4)20(16)32-13(3)30/h6-11,22H,5H2,1-4H3. The van der Waals surface area contributed by atoms with Crippen LogP contribution < -0.4 is 19.1 Å². The molecule has 1 aliphatic rings. The molecule has 11 heteroatoms. The number of ether oxygens (including phenoxy) is 3. The minimum absolute atomic E-state index is 0.139. The van der Waals surface area contributed by atoms with Crippen molar-refractivity contribution in [2.45, 2.75) is 32.2 Å². The summed E-state index contributed by atoms with van der Waals surface area (Å²) in [6.07, 6.45) is -1.04. The number of hydrogen-bond donors (Lipinski definition) is 0. The molecule has 0 radical (unpaired) electrons. The normalized spacial score (nSPS) is 14.4. The maximum absolute atomic E-state index is 13.0. The number of hydrogen-bond acceptors (Lipinski definition) is 9. The molecule has 0 N–H and O–H groups in total. The molecule has 0 spiro atoms. The van der Waals surface area contributed by atoms with Crippen LogP contribution in [0.1, 0.15) is 32.6 Å². The summed E-state index contributed by atoms with van der Waals surface area (Å²) >= 11 is 4.89. The van der Waals surface area contributed by atoms with Gasteiger partial charge in [0.05, 0.1) is 18.4 Å². The van der Waals surface area contributed by atoms with Gasteiger partial charge < -0.3 is 14.2 Å². The molecule has 0 saturated carbocycles. The van der Waals surface area contributed by atoms with Crippen LogP contribution in [0, 0.1) is 0 Å². The van der Waals surface area contributed by atoms with E-state index in [4.69, 9.17) is 14.2 Å². The molecule has 0 bridgehead atoms. The molecule has 1 aliphatic heterocycles. The Morgan fingerprint density at radius 3 is 2.65 bits per heavy atom. The van der Waals surface area contributed by atoms with Gasteiger partial charge in [0.15, 0.2) is 17.2 Å². The number of benzene rings is 2. The topological polar surface area (TPSA) is 104 Å². The molecule has 0 fully saturated rings. The van der Waals surface area contributed by atoms with Crippen LogP contribution in [0.15, 0.2) is 46.0 Å². The molecular weight excluding hydrogens is 524 g/mol. The van der Waals surface area contributed by atoms with Crippen LogP contribution in [-0.4, -0.2) is 39.9 Å². The Hall–Kier alpha value is -3.18. The van der Waals surface area contributed by atoms with Gasteiger partial charge in [0.2, 0.25) is 23.2 Å². The van der Waals surface area contributed by atoms with E-state index in [9.17, 15) is 9.59 Å². The van der Waals surface area contributed by atoms with Gasteiger partial charge in [-0.05, 0) is 24.0 Å². The molecule has 0 saturated heterocycles. The Kier molecular flexibility index (Phi) is 7.03. The Bertz CT molecular complexity index is 1270. The lowest BCUT2D eigenvalue weighted by atomic mass is 10.1. The summed E-state index contributed by atoms with van der Waals surface area (Å²) in [5.74, 6) is 0.553. The van der Waals surface area contributed by atoms with Crippen molar-refractivity contribution in [2.24, 2.45) is 0 Å². The van der Waals surface area contributed by atoms with E-state index in [1.54, 1.807) is 18.2 Å². The number of amides is 1. The van der Waals surface area contributed by atoms with Gasteiger partial charge in [0, 0.05) is 23.9 Å². The molecule has 1 amide bonds. The number of methoxy groups -OCH3 is 1. The van der Waals surface area contributed by atoms with Gasteiger partial charge in [-0.3, -0.25) is 14.5 Å². The summed E-state index contributed by atoms with van der Waals surface area (Å²) in [5.41, 5.74) is 1.99. The molecule has 4 rings (SSSR count). The molecule has 0 aliphatic carbocycles. The van der Waals surface area contributed by atoms with Crippen LogP contribution in [0.2, 0.25) is 0 Å². The van der Waals surface area contributed by atoms with E-state index in [-0.39, 0.29) is 17.5 Å². The maximum Gasteiger partial charge on any atom is 0.308 e. The number of para-hydroxylation sites is 1. The highest BCUT2D eigenvalue weighted by Gasteiger charge is 2.37. The van der Waals surface area contributed by atoms with Gasteiger partial charge in [-0.2, -0.15) is 4.98 Å². The van der Waals surface area contributed by atoms with Crippen molar-refractivity contribution in [2.75, 3.05) is 17.8 Å². The molecule has 1 aromatic heterocycles. The molecule has 176 valence electrons. The molecule has 1 atom stereocenters. The highest BCUT2D eigenvalue weighted by molar-refractivity contribution is 9.10. The van der Waals surface area contributed by atoms with E-state index in [1.807, 2.05) is 25.1 Å². The molecule has 34 heavy (non-hydrogen) atoms. The number of carbonyl (C=O) groups excluding carboxylic acids is 2. The summed E-state index contributed by atoms with van der Waals surface area (Å²) in [5, 5.41) is 9.02. The van der Waals surface area contributed by atoms with E-state index >= 15 is 0 Å². The van der Waals surface area contributed by atoms with Crippen molar-refractivity contribution in [3.8, 4) is 28.6 Å². The zero-order chi connectivity index (χ0) is 24.4. The highest BCUT2D eigenvalue weighted by Crippen LogP contribution is 2.47. The van der Waals surface area contributed by atoms with Crippen molar-refractivity contribution in [1.82, 2.24) is 15.2 Å². The van der Waals surface area contributed by atoms with E-state index in [0.29, 0.717) is 37.9 Å². The number of nitrogens with zero attached hydrogens (tertiary/aromatic N) is 4. The fourth-order valence-electron chi connectivity index (χ4n) is 3.62. The van der Waals surface area contributed by atoms with E-state index in [1.165, 1.54) is 37.6 Å². The quantitative estimate of drug-likeness (QED) is 0.254. The zero-order valence-electron chi connectivity index (χ0n) is 18.9. The second kappa shape index (κ2) is 9.98. The average Bonchev–Trinajstić information content (AvgIpc) is 2.94. The second-order valence-electron chi connectivity index (χ2n) is 7.18. The SMILES string of the molecule is CCSc1nnc2c(n1)OC(c1cc(Br)cc(OC)c1OC(C)=O)N(C(C)=O)c1ccccc1-2. The van der Waals surface area contributed by atoms with E-state index in [2.05, 4.69) is 31.1 Å². The minimum atomic E-state index is -1.04. The maximum atomic E-state index is 13.0. The Labute approximate surface area is 209 Å². The van der Waals surface area contributed by atoms with Crippen molar-refractivity contribution in [3.63, 3.8) is 0 Å². The monoisotopic (exact) mass is 544 g/mol. The lowest BCUT2D eigenvalue weighted by Crippen LogP contribution is -2.36. The Morgan fingerprint density at radius 2 is 1.97 bits per heavy atom. The number of thioether (sulfide) groups is 1. The van der Waals surface area contributed by atoms with E-state index < -0.39 is 12.2 Å². The lowest BCUT2D eigenvalue weighted by Gasteiger charge is -2.31. The Morgan fingerprint density at radius 1 is 1.21 bits per heavy atom. The first-order chi connectivity index (χ1) is 16.3. The van der Waals surface area contributed by atoms with Crippen molar-refractivity contribution < 1.29 is 23.8 Å². The predicted molar refractivity (Wildman–Crippen MR) is 130 cm³/mol. The van der Waals surface area contributed by atoms with Crippen LogP contribution in [0.25, 0.3) is 11.3 Å². The molecule has 2 aromatic carbocycles. The summed E-state index contributed by atoms with van der Waals surface area (Å²) in [6, 6.07) is 10.6. The zero-order valence-corrected chi connectivity index (χ0v) is 21.3. The van der Waals surface area contributed by atoms with Gasteiger partial charge in [-0.1, -0.05) is 52.8 Å². The third-order valence-corrected chi connectivity index (χ3v) is 6.08. The minimum Gasteiger partial charge on any atom is -0.493 e. The molecule has 3 aromatic rings. The first-order valence-corrected chi connectivity index (χ1v) is 12.1. The van der Waals surface area contributed by atoms with Crippen LogP contribution in [0.5, 0.6) is 17.4 Å². The average molecular weight is 545 g/mol. The van der Waals surface area contributed by atoms with E-state index in [0.717, 1.165) is 5.75 Å². The fraction of sp³-hybridized carbons (Fsp3) is 0.261. The summed E-state index contributed by atoms with van der Waals surface area (Å²) in [7, 11) is 1.46. The van der Waals surface area contributed by atoms with Crippen molar-refractivity contribution in [3.05, 3.63) is 46.4 Å². The third-order valence-electron chi connectivity index (χ3n) is 4.90. The van der Waals surface area contributed by atoms with Gasteiger partial charge >= 0.3 is 5.97 Å². The highest BCUT2D eigenvalue weighted by atomic mass is 79.9. The summed E-state index contributed by atoms with van der Waals surface area (Å²) in [6.45, 7) is 4.70. The first kappa shape index (κ1) is 24.0. The number of rotatable bonds is 5. The van der Waals surface area contributed by atoms with Crippen molar-refractivity contribution in [1.29, 1.82) is 0 Å². The van der Waals surface area contributed by atoms with Crippen LogP contribution in [-0.2, 0) is 9.59 Å². The summed E-state index contributed by atoms with van der Waals surface area (Å²) in [4.78, 5) is 31.0. The molecule has 2 heterocycles. The van der Waals surface area contributed by atoms with Gasteiger partial charge in [0.1, 0.15) is 0 Å². The largest absolute Gasteiger partial charge is 0.493 e. The van der Waals surface area contributed by atoms with Gasteiger partial charge in [-0.15, -0.1) is 10.2 Å². The Balaban J connectivity index is 2.01. The predicted octanol–water partition coefficient (Wildman–Crippen LogP) is 4.79. The van der Waals surface area contributed by atoms with Crippen LogP contribution in [0.3, 0.4) is 0 Å². The number of halogens is 1. The number of anilines is 1. The first-order valence-electron chi connectivity index (χ1n) is 10.3. The lowest BCUT2D eigenvalue weighted by molar-refractivity contribution is -0.132. The number of fused-ring (bicyclic) bond motifs is 3. The van der Waals surface area contributed by atoms with Gasteiger partial charge in [0.25, 0.3) is 0 Å².